The fourth-order valence-electron chi connectivity index (χ4n) is 1.50. The Morgan fingerprint density at radius 2 is 1.88 bits per heavy atom. The highest BCUT2D eigenvalue weighted by Gasteiger charge is 2.05. The van der Waals surface area contributed by atoms with Gasteiger partial charge in [0.25, 0.3) is 0 Å². The number of nitrogens with zero attached hydrogens (tertiary/aromatic N) is 1. The van der Waals surface area contributed by atoms with E-state index in [2.05, 4.69) is 10.3 Å². The molecule has 16 heavy (non-hydrogen) atoms. The van der Waals surface area contributed by atoms with Crippen molar-refractivity contribution in [3.8, 4) is 0 Å². The van der Waals surface area contributed by atoms with E-state index in [4.69, 9.17) is 0 Å². The molecule has 0 amide bonds. The third kappa shape index (κ3) is 2.57. The van der Waals surface area contributed by atoms with Gasteiger partial charge in [-0.3, -0.25) is 0 Å². The molecule has 0 aliphatic heterocycles. The maximum absolute atomic E-state index is 12.7. The summed E-state index contributed by atoms with van der Waals surface area (Å²) in [6.45, 7) is 2.02. The first-order valence-corrected chi connectivity index (χ1v) is 5.19. The van der Waals surface area contributed by atoms with E-state index in [1.165, 1.54) is 12.1 Å². The number of rotatable bonds is 3. The summed E-state index contributed by atoms with van der Waals surface area (Å²) >= 11 is 0. The van der Waals surface area contributed by atoms with E-state index in [1.807, 2.05) is 25.1 Å². The summed E-state index contributed by atoms with van der Waals surface area (Å²) < 4.78 is 12.7. The molecule has 82 valence electrons. The lowest BCUT2D eigenvalue weighted by molar-refractivity contribution is 0.626. The van der Waals surface area contributed by atoms with Crippen molar-refractivity contribution in [2.45, 2.75) is 13.0 Å². The van der Waals surface area contributed by atoms with Gasteiger partial charge in [0.2, 0.25) is 0 Å². The van der Waals surface area contributed by atoms with Gasteiger partial charge in [-0.1, -0.05) is 18.2 Å². The Balaban J connectivity index is 2.09. The zero-order valence-corrected chi connectivity index (χ0v) is 9.02. The predicted octanol–water partition coefficient (Wildman–Crippen LogP) is 3.39. The number of pyridine rings is 1. The Morgan fingerprint density at radius 1 is 1.12 bits per heavy atom. The summed E-state index contributed by atoms with van der Waals surface area (Å²) in [6.07, 6.45) is 1.74. The van der Waals surface area contributed by atoms with Crippen LogP contribution in [0.5, 0.6) is 0 Å². The molecule has 1 heterocycles. The quantitative estimate of drug-likeness (QED) is 0.850. The normalized spacial score (nSPS) is 12.1. The first-order valence-electron chi connectivity index (χ1n) is 5.19. The lowest BCUT2D eigenvalue weighted by Crippen LogP contribution is -2.07. The van der Waals surface area contributed by atoms with Crippen LogP contribution in [0, 0.1) is 5.82 Å². The average molecular weight is 216 g/mol. The molecule has 3 heteroatoms. The standard InChI is InChI=1S/C13H13FN2/c1-10(11-5-7-12(14)8-6-11)16-13-4-2-3-9-15-13/h2-10H,1H3,(H,15,16)/t10-/m1/s1. The molecule has 0 aliphatic carbocycles. The number of aromatic nitrogens is 1. The third-order valence-electron chi connectivity index (χ3n) is 2.40. The van der Waals surface area contributed by atoms with E-state index < -0.39 is 0 Å². The average Bonchev–Trinajstić information content (AvgIpc) is 2.31. The number of anilines is 1. The highest BCUT2D eigenvalue weighted by molar-refractivity contribution is 5.37. The molecular formula is C13H13FN2. The molecule has 1 N–H and O–H groups in total. The van der Waals surface area contributed by atoms with Gasteiger partial charge in [-0.15, -0.1) is 0 Å². The Morgan fingerprint density at radius 3 is 2.50 bits per heavy atom. The van der Waals surface area contributed by atoms with Gasteiger partial charge in [-0.2, -0.15) is 0 Å². The van der Waals surface area contributed by atoms with Crippen molar-refractivity contribution in [2.75, 3.05) is 5.32 Å². The zero-order valence-electron chi connectivity index (χ0n) is 9.02. The zero-order chi connectivity index (χ0) is 11.4. The van der Waals surface area contributed by atoms with Crippen LogP contribution in [-0.4, -0.2) is 4.98 Å². The number of nitrogens with one attached hydrogen (secondary N) is 1. The van der Waals surface area contributed by atoms with Gasteiger partial charge >= 0.3 is 0 Å². The Hall–Kier alpha value is -1.90. The van der Waals surface area contributed by atoms with Crippen molar-refractivity contribution in [3.63, 3.8) is 0 Å². The molecule has 0 saturated heterocycles. The van der Waals surface area contributed by atoms with E-state index in [-0.39, 0.29) is 11.9 Å². The first kappa shape index (κ1) is 10.6. The van der Waals surface area contributed by atoms with Crippen molar-refractivity contribution in [2.24, 2.45) is 0 Å². The summed E-state index contributed by atoms with van der Waals surface area (Å²) in [5.41, 5.74) is 1.03. The van der Waals surface area contributed by atoms with Crippen molar-refractivity contribution in [3.05, 3.63) is 60.0 Å². The largest absolute Gasteiger partial charge is 0.364 e. The van der Waals surface area contributed by atoms with Crippen LogP contribution in [-0.2, 0) is 0 Å². The van der Waals surface area contributed by atoms with E-state index in [0.29, 0.717) is 0 Å². The highest BCUT2D eigenvalue weighted by atomic mass is 19.1. The number of hydrogen-bond donors (Lipinski definition) is 1. The SMILES string of the molecule is C[C@@H](Nc1ccccn1)c1ccc(F)cc1. The van der Waals surface area contributed by atoms with Gasteiger partial charge in [0.1, 0.15) is 11.6 Å². The van der Waals surface area contributed by atoms with Crippen LogP contribution in [0.2, 0.25) is 0 Å². The van der Waals surface area contributed by atoms with Crippen molar-refractivity contribution < 1.29 is 4.39 Å². The molecule has 2 rings (SSSR count). The van der Waals surface area contributed by atoms with Crippen LogP contribution in [0.1, 0.15) is 18.5 Å². The topological polar surface area (TPSA) is 24.9 Å². The molecule has 0 saturated carbocycles. The van der Waals surface area contributed by atoms with Gasteiger partial charge in [0.05, 0.1) is 0 Å². The van der Waals surface area contributed by atoms with Crippen LogP contribution in [0.3, 0.4) is 0 Å². The number of benzene rings is 1. The van der Waals surface area contributed by atoms with Gasteiger partial charge in [-0.25, -0.2) is 9.37 Å². The molecule has 0 spiro atoms. The number of hydrogen-bond acceptors (Lipinski definition) is 2. The van der Waals surface area contributed by atoms with Crippen LogP contribution in [0.25, 0.3) is 0 Å². The molecular weight excluding hydrogens is 203 g/mol. The summed E-state index contributed by atoms with van der Waals surface area (Å²) in [5.74, 6) is 0.605. The molecule has 0 aliphatic rings. The molecule has 0 bridgehead atoms. The molecule has 0 fully saturated rings. The van der Waals surface area contributed by atoms with E-state index in [0.717, 1.165) is 11.4 Å². The van der Waals surface area contributed by atoms with Crippen LogP contribution in [0.4, 0.5) is 10.2 Å². The fourth-order valence-corrected chi connectivity index (χ4v) is 1.50. The minimum Gasteiger partial charge on any atom is -0.364 e. The second-order valence-corrected chi connectivity index (χ2v) is 3.63. The van der Waals surface area contributed by atoms with Crippen LogP contribution >= 0.6 is 0 Å². The Bertz CT molecular complexity index is 439. The van der Waals surface area contributed by atoms with E-state index in [9.17, 15) is 4.39 Å². The minimum absolute atomic E-state index is 0.107. The minimum atomic E-state index is -0.214. The second kappa shape index (κ2) is 4.75. The third-order valence-corrected chi connectivity index (χ3v) is 2.40. The highest BCUT2D eigenvalue weighted by Crippen LogP contribution is 2.17. The predicted molar refractivity (Wildman–Crippen MR) is 62.7 cm³/mol. The summed E-state index contributed by atoms with van der Waals surface area (Å²) in [5, 5.41) is 3.24. The van der Waals surface area contributed by atoms with Crippen LogP contribution in [0.15, 0.2) is 48.7 Å². The molecule has 0 unspecified atom stereocenters. The maximum atomic E-state index is 12.7. The monoisotopic (exact) mass is 216 g/mol. The number of halogens is 1. The van der Waals surface area contributed by atoms with Crippen LogP contribution < -0.4 is 5.32 Å². The second-order valence-electron chi connectivity index (χ2n) is 3.63. The van der Waals surface area contributed by atoms with Crippen molar-refractivity contribution in [1.82, 2.24) is 4.98 Å². The molecule has 1 atom stereocenters. The Kier molecular flexibility index (Phi) is 3.15. The summed E-state index contributed by atoms with van der Waals surface area (Å²) in [7, 11) is 0. The van der Waals surface area contributed by atoms with Gasteiger partial charge < -0.3 is 5.32 Å². The lowest BCUT2D eigenvalue weighted by atomic mass is 10.1. The molecule has 1 aromatic heterocycles. The molecule has 0 radical (unpaired) electrons. The van der Waals surface area contributed by atoms with Crippen molar-refractivity contribution >= 4 is 5.82 Å². The molecule has 2 aromatic rings. The summed E-state index contributed by atoms with van der Waals surface area (Å²) in [4.78, 5) is 4.18. The van der Waals surface area contributed by atoms with E-state index in [1.54, 1.807) is 18.3 Å². The lowest BCUT2D eigenvalue weighted by Gasteiger charge is -2.14. The van der Waals surface area contributed by atoms with Gasteiger partial charge in [0, 0.05) is 12.2 Å². The first-order chi connectivity index (χ1) is 7.75. The fraction of sp³-hybridized carbons (Fsp3) is 0.154. The van der Waals surface area contributed by atoms with Crippen molar-refractivity contribution in [1.29, 1.82) is 0 Å². The molecule has 2 nitrogen and oxygen atoms in total. The maximum Gasteiger partial charge on any atom is 0.126 e. The Labute approximate surface area is 94.2 Å². The smallest absolute Gasteiger partial charge is 0.126 e. The van der Waals surface area contributed by atoms with Gasteiger partial charge in [0.15, 0.2) is 0 Å². The summed E-state index contributed by atoms with van der Waals surface area (Å²) in [6, 6.07) is 12.3. The van der Waals surface area contributed by atoms with Gasteiger partial charge in [-0.05, 0) is 36.8 Å². The van der Waals surface area contributed by atoms with E-state index >= 15 is 0 Å². The molecule has 1 aromatic carbocycles.